The Morgan fingerprint density at radius 2 is 1.44 bits per heavy atom. The number of hydrogen-bond donors (Lipinski definition) is 0. The predicted octanol–water partition coefficient (Wildman–Crippen LogP) is 4.37. The van der Waals surface area contributed by atoms with E-state index in [1.54, 1.807) is 7.11 Å². The molecule has 1 aliphatic heterocycles. The molecule has 0 aliphatic carbocycles. The minimum atomic E-state index is 0.0474. The fourth-order valence-electron chi connectivity index (χ4n) is 4.07. The molecule has 0 N–H and O–H groups in total. The summed E-state index contributed by atoms with van der Waals surface area (Å²) in [6.07, 6.45) is 0. The summed E-state index contributed by atoms with van der Waals surface area (Å²) < 4.78 is 11.0. The highest BCUT2D eigenvalue weighted by molar-refractivity contribution is 5.94. The van der Waals surface area contributed by atoms with Crippen LogP contribution in [0, 0.1) is 0 Å². The highest BCUT2D eigenvalue weighted by Gasteiger charge is 2.22. The summed E-state index contributed by atoms with van der Waals surface area (Å²) in [5.41, 5.74) is 3.57. The smallest absolute Gasteiger partial charge is 0.253 e. The first kappa shape index (κ1) is 21.9. The SMILES string of the molecule is COc1ccc(CN2CCN(C(=O)c3ccc(-c4nnc(-c5ccccc5)o4)cc3)CC2)cc1. The fraction of sp³-hybridized carbons (Fsp3) is 0.222. The summed E-state index contributed by atoms with van der Waals surface area (Å²) in [6, 6.07) is 25.2. The van der Waals surface area contributed by atoms with Crippen LogP contribution in [0.15, 0.2) is 83.3 Å². The average molecular weight is 455 g/mol. The number of amides is 1. The second-order valence-electron chi connectivity index (χ2n) is 8.27. The Bertz CT molecular complexity index is 1230. The van der Waals surface area contributed by atoms with Gasteiger partial charge in [0.25, 0.3) is 5.91 Å². The van der Waals surface area contributed by atoms with Gasteiger partial charge in [0.15, 0.2) is 0 Å². The van der Waals surface area contributed by atoms with E-state index < -0.39 is 0 Å². The lowest BCUT2D eigenvalue weighted by Gasteiger charge is -2.34. The Balaban J connectivity index is 1.18. The molecule has 1 amide bonds. The first-order valence-electron chi connectivity index (χ1n) is 11.3. The molecule has 5 rings (SSSR count). The predicted molar refractivity (Wildman–Crippen MR) is 129 cm³/mol. The number of carbonyl (C=O) groups excluding carboxylic acids is 1. The molecular formula is C27H26N4O3. The first-order valence-corrected chi connectivity index (χ1v) is 11.3. The second kappa shape index (κ2) is 9.89. The van der Waals surface area contributed by atoms with Crippen LogP contribution in [0.25, 0.3) is 22.9 Å². The molecule has 0 spiro atoms. The molecule has 2 heterocycles. The number of piperazine rings is 1. The molecule has 172 valence electrons. The lowest BCUT2D eigenvalue weighted by Crippen LogP contribution is -2.48. The molecule has 34 heavy (non-hydrogen) atoms. The van der Waals surface area contributed by atoms with Gasteiger partial charge in [-0.1, -0.05) is 30.3 Å². The summed E-state index contributed by atoms with van der Waals surface area (Å²) in [5.74, 6) is 1.82. The molecule has 1 saturated heterocycles. The maximum atomic E-state index is 13.0. The zero-order chi connectivity index (χ0) is 23.3. The van der Waals surface area contributed by atoms with E-state index >= 15 is 0 Å². The molecule has 0 radical (unpaired) electrons. The van der Waals surface area contributed by atoms with E-state index in [4.69, 9.17) is 9.15 Å². The van der Waals surface area contributed by atoms with Crippen molar-refractivity contribution in [3.8, 4) is 28.7 Å². The third-order valence-corrected chi connectivity index (χ3v) is 6.05. The molecule has 0 bridgehead atoms. The van der Waals surface area contributed by atoms with Gasteiger partial charge in [-0.25, -0.2) is 0 Å². The number of nitrogens with zero attached hydrogens (tertiary/aromatic N) is 4. The number of rotatable bonds is 6. The van der Waals surface area contributed by atoms with Crippen molar-refractivity contribution in [2.24, 2.45) is 0 Å². The third-order valence-electron chi connectivity index (χ3n) is 6.05. The van der Waals surface area contributed by atoms with Gasteiger partial charge in [0.2, 0.25) is 11.8 Å². The lowest BCUT2D eigenvalue weighted by atomic mass is 10.1. The van der Waals surface area contributed by atoms with Crippen molar-refractivity contribution in [3.63, 3.8) is 0 Å². The zero-order valence-corrected chi connectivity index (χ0v) is 19.1. The number of carbonyl (C=O) groups is 1. The lowest BCUT2D eigenvalue weighted by molar-refractivity contribution is 0.0628. The van der Waals surface area contributed by atoms with Gasteiger partial charge in [-0.15, -0.1) is 10.2 Å². The van der Waals surface area contributed by atoms with Crippen LogP contribution in [0.2, 0.25) is 0 Å². The van der Waals surface area contributed by atoms with Gasteiger partial charge in [-0.2, -0.15) is 0 Å². The van der Waals surface area contributed by atoms with E-state index in [0.29, 0.717) is 30.4 Å². The normalized spacial score (nSPS) is 14.2. The third kappa shape index (κ3) is 4.84. The van der Waals surface area contributed by atoms with E-state index in [1.807, 2.05) is 71.6 Å². The Hall–Kier alpha value is -3.97. The molecule has 4 aromatic rings. The summed E-state index contributed by atoms with van der Waals surface area (Å²) in [5, 5.41) is 8.29. The quantitative estimate of drug-likeness (QED) is 0.431. The molecule has 1 fully saturated rings. The van der Waals surface area contributed by atoms with Gasteiger partial charge in [0.1, 0.15) is 5.75 Å². The van der Waals surface area contributed by atoms with Gasteiger partial charge < -0.3 is 14.1 Å². The van der Waals surface area contributed by atoms with Crippen molar-refractivity contribution in [1.29, 1.82) is 0 Å². The largest absolute Gasteiger partial charge is 0.497 e. The van der Waals surface area contributed by atoms with Crippen LogP contribution in [0.4, 0.5) is 0 Å². The minimum absolute atomic E-state index is 0.0474. The molecule has 1 aliphatic rings. The fourth-order valence-corrected chi connectivity index (χ4v) is 4.07. The van der Waals surface area contributed by atoms with Crippen LogP contribution in [0.1, 0.15) is 15.9 Å². The van der Waals surface area contributed by atoms with Crippen LogP contribution >= 0.6 is 0 Å². The Morgan fingerprint density at radius 1 is 0.824 bits per heavy atom. The Labute approximate surface area is 198 Å². The van der Waals surface area contributed by atoms with Crippen molar-refractivity contribution in [1.82, 2.24) is 20.0 Å². The van der Waals surface area contributed by atoms with Crippen LogP contribution in [-0.4, -0.2) is 59.2 Å². The molecule has 0 saturated carbocycles. The molecule has 7 heteroatoms. The van der Waals surface area contributed by atoms with Crippen LogP contribution in [0.3, 0.4) is 0 Å². The Kier molecular flexibility index (Phi) is 6.35. The monoisotopic (exact) mass is 454 g/mol. The van der Waals surface area contributed by atoms with E-state index in [9.17, 15) is 4.79 Å². The van der Waals surface area contributed by atoms with Gasteiger partial charge in [-0.05, 0) is 54.1 Å². The number of methoxy groups -OCH3 is 1. The van der Waals surface area contributed by atoms with Crippen LogP contribution < -0.4 is 4.74 Å². The topological polar surface area (TPSA) is 71.7 Å². The standard InChI is InChI=1S/C27H26N4O3/c1-33-24-13-7-20(8-14-24)19-30-15-17-31(18-16-30)27(32)23-11-9-22(10-12-23)26-29-28-25(34-26)21-5-3-2-4-6-21/h2-14H,15-19H2,1H3. The highest BCUT2D eigenvalue weighted by atomic mass is 16.5. The average Bonchev–Trinajstić information content (AvgIpc) is 3.40. The van der Waals surface area contributed by atoms with Crippen molar-refractivity contribution in [2.75, 3.05) is 33.3 Å². The van der Waals surface area contributed by atoms with Crippen molar-refractivity contribution in [3.05, 3.63) is 90.0 Å². The molecule has 7 nitrogen and oxygen atoms in total. The van der Waals surface area contributed by atoms with Gasteiger partial charge in [0, 0.05) is 49.4 Å². The molecular weight excluding hydrogens is 428 g/mol. The highest BCUT2D eigenvalue weighted by Crippen LogP contribution is 2.24. The van der Waals surface area contributed by atoms with Crippen molar-refractivity contribution < 1.29 is 13.9 Å². The van der Waals surface area contributed by atoms with E-state index in [-0.39, 0.29) is 5.91 Å². The molecule has 0 atom stereocenters. The van der Waals surface area contributed by atoms with E-state index in [1.165, 1.54) is 5.56 Å². The second-order valence-corrected chi connectivity index (χ2v) is 8.27. The minimum Gasteiger partial charge on any atom is -0.497 e. The Morgan fingerprint density at radius 3 is 2.06 bits per heavy atom. The summed E-state index contributed by atoms with van der Waals surface area (Å²) in [6.45, 7) is 3.98. The van der Waals surface area contributed by atoms with Crippen molar-refractivity contribution >= 4 is 5.91 Å². The van der Waals surface area contributed by atoms with Gasteiger partial charge >= 0.3 is 0 Å². The van der Waals surface area contributed by atoms with E-state index in [0.717, 1.165) is 36.5 Å². The van der Waals surface area contributed by atoms with Crippen LogP contribution in [0.5, 0.6) is 5.75 Å². The van der Waals surface area contributed by atoms with Gasteiger partial charge in [0.05, 0.1) is 7.11 Å². The van der Waals surface area contributed by atoms with Gasteiger partial charge in [-0.3, -0.25) is 9.69 Å². The van der Waals surface area contributed by atoms with Crippen molar-refractivity contribution in [2.45, 2.75) is 6.54 Å². The number of benzene rings is 3. The summed E-state index contributed by atoms with van der Waals surface area (Å²) >= 11 is 0. The first-order chi connectivity index (χ1) is 16.7. The molecule has 1 aromatic heterocycles. The number of ether oxygens (including phenoxy) is 1. The molecule has 3 aromatic carbocycles. The number of aromatic nitrogens is 2. The maximum absolute atomic E-state index is 13.0. The molecule has 0 unspecified atom stereocenters. The van der Waals surface area contributed by atoms with Crippen LogP contribution in [-0.2, 0) is 6.54 Å². The van der Waals surface area contributed by atoms with E-state index in [2.05, 4.69) is 27.2 Å². The maximum Gasteiger partial charge on any atom is 0.253 e. The summed E-state index contributed by atoms with van der Waals surface area (Å²) in [4.78, 5) is 17.3. The summed E-state index contributed by atoms with van der Waals surface area (Å²) in [7, 11) is 1.67. The number of hydrogen-bond acceptors (Lipinski definition) is 6. The zero-order valence-electron chi connectivity index (χ0n) is 19.1.